The summed E-state index contributed by atoms with van der Waals surface area (Å²) in [5.41, 5.74) is -0.799. The fourth-order valence-electron chi connectivity index (χ4n) is 2.41. The van der Waals surface area contributed by atoms with Gasteiger partial charge in [-0.2, -0.15) is 17.4 Å². The van der Waals surface area contributed by atoms with Crippen LogP contribution in [0.25, 0.3) is 0 Å². The number of carbonyl (C=O) groups excluding carboxylic acids is 2. The van der Waals surface area contributed by atoms with Gasteiger partial charge in [0.1, 0.15) is 0 Å². The molecule has 0 saturated heterocycles. The van der Waals surface area contributed by atoms with E-state index in [1.165, 1.54) is 32.9 Å². The molecule has 0 radical (unpaired) electrons. The van der Waals surface area contributed by atoms with Crippen LogP contribution in [-0.4, -0.2) is 59.5 Å². The molecule has 26 heavy (non-hydrogen) atoms. The molecule has 3 amide bonds. The highest BCUT2D eigenvalue weighted by Crippen LogP contribution is 2.22. The molecule has 0 saturated carbocycles. The summed E-state index contributed by atoms with van der Waals surface area (Å²) in [6.45, 7) is 3.60. The molecule has 0 aromatic heterocycles. The number of carbonyl (C=O) groups is 3. The van der Waals surface area contributed by atoms with Crippen molar-refractivity contribution in [1.29, 1.82) is 0 Å². The van der Waals surface area contributed by atoms with Crippen LogP contribution in [0.1, 0.15) is 41.5 Å². The van der Waals surface area contributed by atoms with Gasteiger partial charge in [-0.05, 0) is 32.9 Å². The summed E-state index contributed by atoms with van der Waals surface area (Å²) in [4.78, 5) is 40.5. The molecule has 1 aromatic carbocycles. The van der Waals surface area contributed by atoms with E-state index in [0.717, 1.165) is 0 Å². The number of amides is 3. The lowest BCUT2D eigenvalue weighted by atomic mass is 10.1. The molecule has 0 spiro atoms. The number of hydrogen-bond donors (Lipinski definition) is 2. The summed E-state index contributed by atoms with van der Waals surface area (Å²) in [5.74, 6) is -1.29. The Balaban J connectivity index is 1.96. The molecule has 0 atom stereocenters. The van der Waals surface area contributed by atoms with Gasteiger partial charge in [-0.1, -0.05) is 12.1 Å². The molecule has 0 fully saturated rings. The Morgan fingerprint density at radius 1 is 1.19 bits per heavy atom. The lowest BCUT2D eigenvalue weighted by molar-refractivity contribution is -0.0888. The molecular formula is C15H19N3O7S. The Labute approximate surface area is 150 Å². The quantitative estimate of drug-likeness (QED) is 0.547. The van der Waals surface area contributed by atoms with Gasteiger partial charge >= 0.3 is 16.3 Å². The monoisotopic (exact) mass is 385 g/mol. The van der Waals surface area contributed by atoms with Crippen LogP contribution in [0.4, 0.5) is 4.79 Å². The van der Waals surface area contributed by atoms with E-state index in [4.69, 9.17) is 9.94 Å². The maximum Gasteiger partial charge on any atom is 0.422 e. The van der Waals surface area contributed by atoms with E-state index in [-0.39, 0.29) is 28.6 Å². The van der Waals surface area contributed by atoms with Gasteiger partial charge < -0.3 is 5.11 Å². The molecule has 142 valence electrons. The summed E-state index contributed by atoms with van der Waals surface area (Å²) in [6, 6.07) is 6.18. The van der Waals surface area contributed by atoms with E-state index in [2.05, 4.69) is 4.72 Å². The third-order valence-electron chi connectivity index (χ3n) is 3.39. The van der Waals surface area contributed by atoms with E-state index in [9.17, 15) is 22.8 Å². The zero-order valence-electron chi connectivity index (χ0n) is 14.4. The van der Waals surface area contributed by atoms with Gasteiger partial charge in [-0.25, -0.2) is 4.79 Å². The Morgan fingerprint density at radius 2 is 1.69 bits per heavy atom. The summed E-state index contributed by atoms with van der Waals surface area (Å²) in [5, 5.41) is 9.67. The maximum absolute atomic E-state index is 12.2. The van der Waals surface area contributed by atoms with Crippen molar-refractivity contribution in [3.63, 3.8) is 0 Å². The molecule has 0 aliphatic carbocycles. The number of carboxylic acid groups (broad SMARTS) is 1. The smallest absolute Gasteiger partial charge is 0.422 e. The standard InChI is InChI=1S/C15H19N3O7S/c1-15(2,3)18(14(21)22)26(23,24)16-8-9-25-17-12(19)10-6-4-5-7-11(10)13(17)20/h4-7,16H,8-9H2,1-3H3,(H,21,22). The lowest BCUT2D eigenvalue weighted by Crippen LogP contribution is -2.53. The molecular weight excluding hydrogens is 366 g/mol. The average molecular weight is 385 g/mol. The molecule has 11 heteroatoms. The molecule has 1 aliphatic rings. The second kappa shape index (κ2) is 7.02. The molecule has 1 aliphatic heterocycles. The van der Waals surface area contributed by atoms with Crippen LogP contribution in [0.3, 0.4) is 0 Å². The molecule has 2 rings (SSSR count). The highest BCUT2D eigenvalue weighted by atomic mass is 32.2. The van der Waals surface area contributed by atoms with Gasteiger partial charge in [-0.3, -0.25) is 14.4 Å². The first-order chi connectivity index (χ1) is 12.0. The number of nitrogens with zero attached hydrogens (tertiary/aromatic N) is 2. The zero-order chi connectivity index (χ0) is 19.7. The second-order valence-corrected chi connectivity index (χ2v) is 8.00. The molecule has 1 heterocycles. The van der Waals surface area contributed by atoms with Crippen LogP contribution in [-0.2, 0) is 15.0 Å². The number of fused-ring (bicyclic) bond motifs is 1. The van der Waals surface area contributed by atoms with Gasteiger partial charge in [0.2, 0.25) is 0 Å². The summed E-state index contributed by atoms with van der Waals surface area (Å²) in [6.07, 6.45) is -1.63. The van der Waals surface area contributed by atoms with Crippen LogP contribution < -0.4 is 4.72 Å². The van der Waals surface area contributed by atoms with Gasteiger partial charge in [0, 0.05) is 6.54 Å². The zero-order valence-corrected chi connectivity index (χ0v) is 15.2. The first-order valence-corrected chi connectivity index (χ1v) is 9.04. The van der Waals surface area contributed by atoms with Crippen molar-refractivity contribution in [2.45, 2.75) is 26.3 Å². The SMILES string of the molecule is CC(C)(C)N(C(=O)O)S(=O)(=O)NCCON1C(=O)c2ccccc2C1=O. The van der Waals surface area contributed by atoms with Gasteiger partial charge in [-0.15, -0.1) is 5.06 Å². The molecule has 0 bridgehead atoms. The van der Waals surface area contributed by atoms with Crippen molar-refractivity contribution in [3.8, 4) is 0 Å². The molecule has 1 aromatic rings. The van der Waals surface area contributed by atoms with Crippen LogP contribution >= 0.6 is 0 Å². The van der Waals surface area contributed by atoms with Gasteiger partial charge in [0.25, 0.3) is 11.8 Å². The number of nitrogens with one attached hydrogen (secondary N) is 1. The summed E-state index contributed by atoms with van der Waals surface area (Å²) < 4.78 is 26.7. The van der Waals surface area contributed by atoms with Crippen molar-refractivity contribution in [1.82, 2.24) is 14.1 Å². The summed E-state index contributed by atoms with van der Waals surface area (Å²) in [7, 11) is -4.34. The van der Waals surface area contributed by atoms with Crippen molar-refractivity contribution in [3.05, 3.63) is 35.4 Å². The number of hydrogen-bond acceptors (Lipinski definition) is 6. The molecule has 10 nitrogen and oxygen atoms in total. The third-order valence-corrected chi connectivity index (χ3v) is 5.14. The van der Waals surface area contributed by atoms with Crippen LogP contribution in [0.2, 0.25) is 0 Å². The van der Waals surface area contributed by atoms with E-state index in [1.54, 1.807) is 12.1 Å². The first-order valence-electron chi connectivity index (χ1n) is 7.60. The van der Waals surface area contributed by atoms with E-state index in [0.29, 0.717) is 5.06 Å². The highest BCUT2D eigenvalue weighted by Gasteiger charge is 2.38. The molecule has 2 N–H and O–H groups in total. The first kappa shape index (κ1) is 19.8. The fraction of sp³-hybridized carbons (Fsp3) is 0.400. The van der Waals surface area contributed by atoms with E-state index in [1.807, 2.05) is 0 Å². The van der Waals surface area contributed by atoms with Crippen LogP contribution in [0.15, 0.2) is 24.3 Å². The number of hydroxylamine groups is 2. The van der Waals surface area contributed by atoms with E-state index >= 15 is 0 Å². The third kappa shape index (κ3) is 3.84. The number of rotatable bonds is 6. The second-order valence-electron chi connectivity index (χ2n) is 6.40. The minimum absolute atomic E-state index is 0.197. The Morgan fingerprint density at radius 3 is 2.12 bits per heavy atom. The van der Waals surface area contributed by atoms with Gasteiger partial charge in [0.15, 0.2) is 0 Å². The topological polar surface area (TPSA) is 133 Å². The normalized spacial score (nSPS) is 14.5. The Bertz CT molecular complexity index is 810. The van der Waals surface area contributed by atoms with Crippen LogP contribution in [0, 0.1) is 0 Å². The van der Waals surface area contributed by atoms with Crippen LogP contribution in [0.5, 0.6) is 0 Å². The lowest BCUT2D eigenvalue weighted by Gasteiger charge is -2.31. The average Bonchev–Trinajstić information content (AvgIpc) is 2.74. The highest BCUT2D eigenvalue weighted by molar-refractivity contribution is 7.87. The number of benzene rings is 1. The predicted octanol–water partition coefficient (Wildman–Crippen LogP) is 0.827. The van der Waals surface area contributed by atoms with Crippen molar-refractivity contribution < 1.29 is 32.7 Å². The minimum atomic E-state index is -4.34. The van der Waals surface area contributed by atoms with Crippen molar-refractivity contribution in [2.75, 3.05) is 13.2 Å². The van der Waals surface area contributed by atoms with Crippen molar-refractivity contribution >= 4 is 28.1 Å². The molecule has 0 unspecified atom stereocenters. The Kier molecular flexibility index (Phi) is 5.35. The predicted molar refractivity (Wildman–Crippen MR) is 89.4 cm³/mol. The summed E-state index contributed by atoms with van der Waals surface area (Å²) >= 11 is 0. The maximum atomic E-state index is 12.2. The largest absolute Gasteiger partial charge is 0.464 e. The van der Waals surface area contributed by atoms with Crippen molar-refractivity contribution in [2.24, 2.45) is 0 Å². The van der Waals surface area contributed by atoms with E-state index < -0.39 is 33.7 Å². The number of imide groups is 1. The minimum Gasteiger partial charge on any atom is -0.464 e. The fourth-order valence-corrected chi connectivity index (χ4v) is 3.80. The van der Waals surface area contributed by atoms with Gasteiger partial charge in [0.05, 0.1) is 23.3 Å². The Hall–Kier alpha value is -2.50.